The van der Waals surface area contributed by atoms with Crippen LogP contribution in [0, 0.1) is 5.92 Å². The van der Waals surface area contributed by atoms with Crippen LogP contribution in [0.3, 0.4) is 0 Å². The summed E-state index contributed by atoms with van der Waals surface area (Å²) in [7, 11) is -3.27. The fourth-order valence-electron chi connectivity index (χ4n) is 0.957. The van der Waals surface area contributed by atoms with Crippen LogP contribution in [0.25, 0.3) is 0 Å². The van der Waals surface area contributed by atoms with E-state index in [2.05, 4.69) is 20.7 Å². The maximum atomic E-state index is 11.6. The van der Waals surface area contributed by atoms with E-state index in [4.69, 9.17) is 0 Å². The van der Waals surface area contributed by atoms with E-state index in [-0.39, 0.29) is 0 Å². The number of nitrogens with one attached hydrogen (secondary N) is 1. The second-order valence-corrected chi connectivity index (χ2v) is 5.60. The van der Waals surface area contributed by atoms with Crippen LogP contribution in [0.2, 0.25) is 0 Å². The lowest BCUT2D eigenvalue weighted by atomic mass is 10.2. The van der Waals surface area contributed by atoms with Crippen LogP contribution < -0.4 is 4.72 Å². The second kappa shape index (κ2) is 6.76. The minimum atomic E-state index is -3.27. The summed E-state index contributed by atoms with van der Waals surface area (Å²) in [6.45, 7) is 7.14. The summed E-state index contributed by atoms with van der Waals surface area (Å²) in [4.78, 5) is 0. The first kappa shape index (κ1) is 14.3. The number of nitrogens with zero attached hydrogens (tertiary/aromatic N) is 1. The Morgan fingerprint density at radius 3 is 2.21 bits per heavy atom. The highest BCUT2D eigenvalue weighted by molar-refractivity contribution is 9.09. The second-order valence-electron chi connectivity index (χ2n) is 3.20. The predicted molar refractivity (Wildman–Crippen MR) is 62.8 cm³/mol. The van der Waals surface area contributed by atoms with E-state index in [9.17, 15) is 8.42 Å². The van der Waals surface area contributed by atoms with E-state index < -0.39 is 10.2 Å². The minimum Gasteiger partial charge on any atom is -0.202 e. The molecule has 14 heavy (non-hydrogen) atoms. The summed E-state index contributed by atoms with van der Waals surface area (Å²) >= 11 is 3.31. The largest absolute Gasteiger partial charge is 0.279 e. The zero-order valence-electron chi connectivity index (χ0n) is 8.96. The molecule has 0 spiro atoms. The predicted octanol–water partition coefficient (Wildman–Crippen LogP) is 1.19. The molecule has 0 amide bonds. The monoisotopic (exact) mass is 286 g/mol. The summed E-state index contributed by atoms with van der Waals surface area (Å²) in [5.41, 5.74) is 0. The standard InChI is InChI=1S/C8H19BrN2O2S/c1-4-11(5-2)14(12,13)10-7-8(3)6-9/h8,10H,4-7H2,1-3H3. The van der Waals surface area contributed by atoms with Gasteiger partial charge in [-0.2, -0.15) is 12.7 Å². The van der Waals surface area contributed by atoms with E-state index >= 15 is 0 Å². The molecule has 0 aromatic carbocycles. The smallest absolute Gasteiger partial charge is 0.202 e. The zero-order chi connectivity index (χ0) is 11.2. The average Bonchev–Trinajstić information content (AvgIpc) is 2.15. The summed E-state index contributed by atoms with van der Waals surface area (Å²) in [6.07, 6.45) is 0. The van der Waals surface area contributed by atoms with Crippen molar-refractivity contribution in [2.75, 3.05) is 25.0 Å². The molecule has 0 aliphatic heterocycles. The number of rotatable bonds is 7. The molecule has 0 saturated heterocycles. The SMILES string of the molecule is CCN(CC)S(=O)(=O)NCC(C)CBr. The van der Waals surface area contributed by atoms with Gasteiger partial charge >= 0.3 is 0 Å². The molecule has 0 heterocycles. The highest BCUT2D eigenvalue weighted by Crippen LogP contribution is 2.01. The fraction of sp³-hybridized carbons (Fsp3) is 1.00. The molecule has 0 bridgehead atoms. The molecule has 1 unspecified atom stereocenters. The van der Waals surface area contributed by atoms with Crippen molar-refractivity contribution in [2.45, 2.75) is 20.8 Å². The summed E-state index contributed by atoms with van der Waals surface area (Å²) in [5, 5.41) is 0.799. The van der Waals surface area contributed by atoms with Crippen molar-refractivity contribution in [3.8, 4) is 0 Å². The van der Waals surface area contributed by atoms with Crippen LogP contribution >= 0.6 is 15.9 Å². The lowest BCUT2D eigenvalue weighted by Crippen LogP contribution is -2.42. The Labute approximate surface area is 95.4 Å². The van der Waals surface area contributed by atoms with Gasteiger partial charge in [-0.3, -0.25) is 0 Å². The van der Waals surface area contributed by atoms with Gasteiger partial charge in [0.2, 0.25) is 0 Å². The maximum Gasteiger partial charge on any atom is 0.279 e. The van der Waals surface area contributed by atoms with Crippen LogP contribution in [0.4, 0.5) is 0 Å². The van der Waals surface area contributed by atoms with Gasteiger partial charge in [0.25, 0.3) is 10.2 Å². The topological polar surface area (TPSA) is 49.4 Å². The Morgan fingerprint density at radius 2 is 1.86 bits per heavy atom. The molecule has 86 valence electrons. The van der Waals surface area contributed by atoms with Gasteiger partial charge in [-0.05, 0) is 5.92 Å². The van der Waals surface area contributed by atoms with Crippen molar-refractivity contribution < 1.29 is 8.42 Å². The van der Waals surface area contributed by atoms with Crippen molar-refractivity contribution in [1.29, 1.82) is 0 Å². The Kier molecular flexibility index (Phi) is 6.93. The average molecular weight is 287 g/mol. The van der Waals surface area contributed by atoms with Crippen LogP contribution in [-0.2, 0) is 10.2 Å². The molecule has 6 heteroatoms. The summed E-state index contributed by atoms with van der Waals surface area (Å²) in [5.74, 6) is 0.306. The molecular weight excluding hydrogens is 268 g/mol. The van der Waals surface area contributed by atoms with Crippen molar-refractivity contribution in [1.82, 2.24) is 9.03 Å². The van der Waals surface area contributed by atoms with Gasteiger partial charge in [-0.25, -0.2) is 4.72 Å². The van der Waals surface area contributed by atoms with E-state index in [1.165, 1.54) is 4.31 Å². The van der Waals surface area contributed by atoms with Crippen molar-refractivity contribution in [3.05, 3.63) is 0 Å². The Hall–Kier alpha value is 0.350. The summed E-state index contributed by atoms with van der Waals surface area (Å²) < 4.78 is 27.2. The van der Waals surface area contributed by atoms with Crippen molar-refractivity contribution >= 4 is 26.1 Å². The molecule has 0 aliphatic carbocycles. The maximum absolute atomic E-state index is 11.6. The zero-order valence-corrected chi connectivity index (χ0v) is 11.4. The van der Waals surface area contributed by atoms with E-state index in [1.807, 2.05) is 20.8 Å². The van der Waals surface area contributed by atoms with Gasteiger partial charge in [0, 0.05) is 25.0 Å². The first-order valence-electron chi connectivity index (χ1n) is 4.78. The van der Waals surface area contributed by atoms with Crippen LogP contribution in [0.5, 0.6) is 0 Å². The number of hydrogen-bond donors (Lipinski definition) is 1. The third kappa shape index (κ3) is 4.72. The minimum absolute atomic E-state index is 0.306. The van der Waals surface area contributed by atoms with E-state index in [0.29, 0.717) is 25.6 Å². The molecule has 0 saturated carbocycles. The van der Waals surface area contributed by atoms with E-state index in [0.717, 1.165) is 5.33 Å². The Balaban J connectivity index is 4.20. The Morgan fingerprint density at radius 1 is 1.36 bits per heavy atom. The van der Waals surface area contributed by atoms with Crippen molar-refractivity contribution in [2.24, 2.45) is 5.92 Å². The van der Waals surface area contributed by atoms with Gasteiger partial charge in [-0.1, -0.05) is 36.7 Å². The fourth-order valence-corrected chi connectivity index (χ4v) is 2.54. The molecule has 1 atom stereocenters. The third-order valence-corrected chi connectivity index (χ3v) is 4.76. The molecule has 4 nitrogen and oxygen atoms in total. The summed E-state index contributed by atoms with van der Waals surface area (Å²) in [6, 6.07) is 0. The van der Waals surface area contributed by atoms with Crippen LogP contribution in [0.1, 0.15) is 20.8 Å². The lowest BCUT2D eigenvalue weighted by Gasteiger charge is -2.19. The van der Waals surface area contributed by atoms with Gasteiger partial charge in [0.15, 0.2) is 0 Å². The molecule has 0 fully saturated rings. The molecule has 0 aromatic heterocycles. The molecule has 0 radical (unpaired) electrons. The molecular formula is C8H19BrN2O2S. The van der Waals surface area contributed by atoms with Gasteiger partial charge in [-0.15, -0.1) is 0 Å². The van der Waals surface area contributed by atoms with E-state index in [1.54, 1.807) is 0 Å². The van der Waals surface area contributed by atoms with Gasteiger partial charge in [0.05, 0.1) is 0 Å². The molecule has 1 N–H and O–H groups in total. The molecule has 0 aliphatic rings. The first-order valence-corrected chi connectivity index (χ1v) is 7.34. The van der Waals surface area contributed by atoms with Crippen molar-refractivity contribution in [3.63, 3.8) is 0 Å². The lowest BCUT2D eigenvalue weighted by molar-refractivity contribution is 0.431. The van der Waals surface area contributed by atoms with Gasteiger partial charge < -0.3 is 0 Å². The highest BCUT2D eigenvalue weighted by Gasteiger charge is 2.18. The number of alkyl halides is 1. The highest BCUT2D eigenvalue weighted by atomic mass is 79.9. The number of halogens is 1. The molecule has 0 rings (SSSR count). The van der Waals surface area contributed by atoms with Crippen LogP contribution in [0.15, 0.2) is 0 Å². The number of hydrogen-bond acceptors (Lipinski definition) is 2. The third-order valence-electron chi connectivity index (χ3n) is 1.92. The Bertz CT molecular complexity index is 240. The quantitative estimate of drug-likeness (QED) is 0.715. The van der Waals surface area contributed by atoms with Crippen LogP contribution in [-0.4, -0.2) is 37.7 Å². The molecule has 0 aromatic rings. The first-order chi connectivity index (χ1) is 6.47. The normalized spacial score (nSPS) is 14.6. The van der Waals surface area contributed by atoms with Gasteiger partial charge in [0.1, 0.15) is 0 Å².